The van der Waals surface area contributed by atoms with Crippen LogP contribution in [0.3, 0.4) is 0 Å². The molecule has 0 saturated carbocycles. The molecule has 1 aromatic carbocycles. The molecule has 90 valence electrons. The molecule has 0 unspecified atom stereocenters. The van der Waals surface area contributed by atoms with Crippen LogP contribution < -0.4 is 0 Å². The highest BCUT2D eigenvalue weighted by Crippen LogP contribution is 2.12. The molecule has 0 atom stereocenters. The highest BCUT2D eigenvalue weighted by Gasteiger charge is 1.92. The summed E-state index contributed by atoms with van der Waals surface area (Å²) in [6.07, 6.45) is 4.57. The first kappa shape index (κ1) is 14.8. The van der Waals surface area contributed by atoms with Gasteiger partial charge in [-0.3, -0.25) is 0 Å². The number of para-hydroxylation sites is 1. The maximum atomic E-state index is 2.12. The summed E-state index contributed by atoms with van der Waals surface area (Å²) in [6.45, 7) is 8.50. The molecule has 0 aliphatic carbocycles. The van der Waals surface area contributed by atoms with Gasteiger partial charge in [0.25, 0.3) is 0 Å². The molecule has 0 aliphatic rings. The second kappa shape index (κ2) is 9.02. The van der Waals surface area contributed by atoms with Crippen molar-refractivity contribution in [3.8, 4) is 0 Å². The summed E-state index contributed by atoms with van der Waals surface area (Å²) in [4.78, 5) is 0. The van der Waals surface area contributed by atoms with Gasteiger partial charge in [0.1, 0.15) is 0 Å². The Kier molecular flexibility index (Phi) is 8.32. The molecule has 2 aromatic rings. The summed E-state index contributed by atoms with van der Waals surface area (Å²) in [5.74, 6) is 0. The molecule has 0 amide bonds. The van der Waals surface area contributed by atoms with Crippen LogP contribution in [0.1, 0.15) is 40.5 Å². The molecular formula is C15H25N. The molecule has 0 fully saturated rings. The lowest BCUT2D eigenvalue weighted by Gasteiger charge is -1.92. The van der Waals surface area contributed by atoms with Crippen LogP contribution in [0.5, 0.6) is 0 Å². The summed E-state index contributed by atoms with van der Waals surface area (Å²) >= 11 is 0. The van der Waals surface area contributed by atoms with Crippen LogP contribution in [0, 0.1) is 0 Å². The van der Waals surface area contributed by atoms with Crippen LogP contribution in [0.25, 0.3) is 10.9 Å². The molecule has 0 aliphatic heterocycles. The fourth-order valence-electron chi connectivity index (χ4n) is 1.22. The number of aromatic nitrogens is 1. The fraction of sp³-hybridized carbons (Fsp3) is 0.467. The van der Waals surface area contributed by atoms with Crippen molar-refractivity contribution < 1.29 is 0 Å². The zero-order valence-corrected chi connectivity index (χ0v) is 11.3. The lowest BCUT2D eigenvalue weighted by Crippen LogP contribution is -1.81. The monoisotopic (exact) mass is 219 g/mol. The summed E-state index contributed by atoms with van der Waals surface area (Å²) in [5.41, 5.74) is 1.29. The fourth-order valence-corrected chi connectivity index (χ4v) is 1.22. The van der Waals surface area contributed by atoms with E-state index in [-0.39, 0.29) is 0 Å². The standard InChI is InChI=1S/C9H9N.2C3H8/c1-10-7-6-8-4-2-3-5-9(8)10;2*1-3-2/h2-7H,1H3;2*3H2,1-2H3. The van der Waals surface area contributed by atoms with E-state index in [1.54, 1.807) is 0 Å². The SMILES string of the molecule is CCC.CCC.Cn1ccc2ccccc21. The van der Waals surface area contributed by atoms with Crippen molar-refractivity contribution in [1.29, 1.82) is 0 Å². The van der Waals surface area contributed by atoms with Crippen molar-refractivity contribution >= 4 is 10.9 Å². The minimum atomic E-state index is 1.25. The van der Waals surface area contributed by atoms with Crippen LogP contribution in [0.2, 0.25) is 0 Å². The van der Waals surface area contributed by atoms with E-state index < -0.39 is 0 Å². The Bertz CT molecular complexity index is 372. The van der Waals surface area contributed by atoms with E-state index in [1.165, 1.54) is 23.7 Å². The summed E-state index contributed by atoms with van der Waals surface area (Å²) in [6, 6.07) is 10.5. The van der Waals surface area contributed by atoms with Gasteiger partial charge in [0, 0.05) is 18.8 Å². The maximum absolute atomic E-state index is 2.12. The van der Waals surface area contributed by atoms with Crippen molar-refractivity contribution in [3.05, 3.63) is 36.5 Å². The van der Waals surface area contributed by atoms with Gasteiger partial charge in [0.05, 0.1) is 0 Å². The van der Waals surface area contributed by atoms with Crippen molar-refractivity contribution in [3.63, 3.8) is 0 Å². The van der Waals surface area contributed by atoms with Gasteiger partial charge in [-0.2, -0.15) is 0 Å². The maximum Gasteiger partial charge on any atom is 0.0477 e. The third-order valence-electron chi connectivity index (χ3n) is 1.79. The van der Waals surface area contributed by atoms with Crippen LogP contribution in [-0.4, -0.2) is 4.57 Å². The minimum absolute atomic E-state index is 1.25. The summed E-state index contributed by atoms with van der Waals surface area (Å²) < 4.78 is 2.12. The largest absolute Gasteiger partial charge is 0.351 e. The van der Waals surface area contributed by atoms with Gasteiger partial charge >= 0.3 is 0 Å². The Morgan fingerprint density at radius 1 is 0.875 bits per heavy atom. The Morgan fingerprint density at radius 2 is 1.38 bits per heavy atom. The first-order chi connectivity index (χ1) is 7.71. The van der Waals surface area contributed by atoms with Crippen LogP contribution >= 0.6 is 0 Å². The molecular weight excluding hydrogens is 194 g/mol. The highest BCUT2D eigenvalue weighted by atomic mass is 14.9. The van der Waals surface area contributed by atoms with Gasteiger partial charge in [-0.05, 0) is 17.5 Å². The quantitative estimate of drug-likeness (QED) is 0.587. The molecule has 0 saturated heterocycles. The molecule has 1 nitrogen and oxygen atoms in total. The molecule has 1 aromatic heterocycles. The molecule has 0 bridgehead atoms. The topological polar surface area (TPSA) is 4.93 Å². The predicted octanol–water partition coefficient (Wildman–Crippen LogP) is 5.01. The Hall–Kier alpha value is -1.24. The number of aryl methyl sites for hydroxylation is 1. The Balaban J connectivity index is 0.000000321. The second-order valence-corrected chi connectivity index (χ2v) is 3.90. The molecule has 1 heterocycles. The van der Waals surface area contributed by atoms with Crippen molar-refractivity contribution in [1.82, 2.24) is 4.57 Å². The van der Waals surface area contributed by atoms with E-state index in [4.69, 9.17) is 0 Å². The Morgan fingerprint density at radius 3 is 1.88 bits per heavy atom. The van der Waals surface area contributed by atoms with Gasteiger partial charge in [-0.25, -0.2) is 0 Å². The summed E-state index contributed by atoms with van der Waals surface area (Å²) in [5, 5.41) is 1.31. The van der Waals surface area contributed by atoms with Gasteiger partial charge in [-0.15, -0.1) is 0 Å². The highest BCUT2D eigenvalue weighted by molar-refractivity contribution is 5.79. The van der Waals surface area contributed by atoms with Gasteiger partial charge in [-0.1, -0.05) is 58.7 Å². The van der Waals surface area contributed by atoms with E-state index in [0.29, 0.717) is 0 Å². The zero-order chi connectivity index (χ0) is 12.4. The molecule has 0 spiro atoms. The molecule has 1 heteroatoms. The van der Waals surface area contributed by atoms with E-state index >= 15 is 0 Å². The van der Waals surface area contributed by atoms with E-state index in [2.05, 4.69) is 75.8 Å². The molecule has 16 heavy (non-hydrogen) atoms. The third kappa shape index (κ3) is 5.01. The van der Waals surface area contributed by atoms with Gasteiger partial charge in [0.15, 0.2) is 0 Å². The lowest BCUT2D eigenvalue weighted by atomic mass is 10.2. The normalized spacial score (nSPS) is 8.81. The van der Waals surface area contributed by atoms with Crippen LogP contribution in [0.4, 0.5) is 0 Å². The number of fused-ring (bicyclic) bond motifs is 1. The number of nitrogens with zero attached hydrogens (tertiary/aromatic N) is 1. The van der Waals surface area contributed by atoms with Gasteiger partial charge < -0.3 is 4.57 Å². The first-order valence-electron chi connectivity index (χ1n) is 6.21. The van der Waals surface area contributed by atoms with E-state index in [1.807, 2.05) is 0 Å². The minimum Gasteiger partial charge on any atom is -0.351 e. The molecule has 0 radical (unpaired) electrons. The average molecular weight is 219 g/mol. The second-order valence-electron chi connectivity index (χ2n) is 3.90. The number of hydrogen-bond donors (Lipinski definition) is 0. The average Bonchev–Trinajstić information content (AvgIpc) is 2.64. The van der Waals surface area contributed by atoms with Crippen molar-refractivity contribution in [2.45, 2.75) is 40.5 Å². The molecule has 2 rings (SSSR count). The Labute approximate surface area is 100 Å². The van der Waals surface area contributed by atoms with Gasteiger partial charge in [0.2, 0.25) is 0 Å². The van der Waals surface area contributed by atoms with Crippen LogP contribution in [0.15, 0.2) is 36.5 Å². The number of rotatable bonds is 0. The zero-order valence-electron chi connectivity index (χ0n) is 11.3. The van der Waals surface area contributed by atoms with Crippen molar-refractivity contribution in [2.75, 3.05) is 0 Å². The first-order valence-corrected chi connectivity index (χ1v) is 6.21. The number of benzene rings is 1. The molecule has 0 N–H and O–H groups in total. The third-order valence-corrected chi connectivity index (χ3v) is 1.79. The van der Waals surface area contributed by atoms with E-state index in [9.17, 15) is 0 Å². The summed E-state index contributed by atoms with van der Waals surface area (Å²) in [7, 11) is 2.06. The van der Waals surface area contributed by atoms with E-state index in [0.717, 1.165) is 0 Å². The smallest absolute Gasteiger partial charge is 0.0477 e. The predicted molar refractivity (Wildman–Crippen MR) is 74.8 cm³/mol. The van der Waals surface area contributed by atoms with Crippen molar-refractivity contribution in [2.24, 2.45) is 7.05 Å². The lowest BCUT2D eigenvalue weighted by molar-refractivity contribution is 0.969. The van der Waals surface area contributed by atoms with Crippen LogP contribution in [-0.2, 0) is 7.05 Å². The number of hydrogen-bond acceptors (Lipinski definition) is 0.